The third kappa shape index (κ3) is 6.46. The number of aliphatic carboxylic acids is 2. The van der Waals surface area contributed by atoms with Gasteiger partial charge in [0.1, 0.15) is 61.0 Å². The van der Waals surface area contributed by atoms with Gasteiger partial charge in [0, 0.05) is 6.92 Å². The van der Waals surface area contributed by atoms with E-state index in [-0.39, 0.29) is 0 Å². The highest BCUT2D eigenvalue weighted by Crippen LogP contribution is 2.32. The van der Waals surface area contributed by atoms with Crippen LogP contribution in [-0.4, -0.2) is 168 Å². The van der Waals surface area contributed by atoms with Crippen molar-refractivity contribution in [2.24, 2.45) is 0 Å². The number of carbonyl (C=O) groups is 3. The second-order valence-corrected chi connectivity index (χ2v) is 9.15. The molecule has 11 N–H and O–H groups in total. The molecule has 15 atom stereocenters. The fourth-order valence-corrected chi connectivity index (χ4v) is 4.41. The average molecular weight is 573 g/mol. The van der Waals surface area contributed by atoms with Gasteiger partial charge in [0.25, 0.3) is 0 Å². The number of amides is 1. The maximum absolute atomic E-state index is 11.9. The molecule has 0 radical (unpaired) electrons. The summed E-state index contributed by atoms with van der Waals surface area (Å²) in [6.07, 6.45) is -27.6. The summed E-state index contributed by atoms with van der Waals surface area (Å²) < 4.78 is 26.2. The molecular formula is C20H31NO18. The van der Waals surface area contributed by atoms with Crippen LogP contribution in [0.15, 0.2) is 0 Å². The number of hydrogen-bond acceptors (Lipinski definition) is 16. The topological polar surface area (TPSA) is 312 Å². The molecule has 3 fully saturated rings. The van der Waals surface area contributed by atoms with Gasteiger partial charge in [0.2, 0.25) is 5.91 Å². The normalized spacial score (nSPS) is 46.8. The van der Waals surface area contributed by atoms with Crippen molar-refractivity contribution in [3.63, 3.8) is 0 Å². The van der Waals surface area contributed by atoms with Crippen LogP contribution in [0.25, 0.3) is 0 Å². The summed E-state index contributed by atoms with van der Waals surface area (Å²) in [5.41, 5.74) is 0. The SMILES string of the molecule is CC(=O)NC1C(O)[C@H](O[C@@H]2OC(C(=O)O)[C@@H](O)C(O)C2O)C(CO)O[C@@H]1O[C@@H]1C(C(=O)O)O[C@@H](O)C(O)C1O. The minimum absolute atomic E-state index is 0.790. The van der Waals surface area contributed by atoms with Crippen molar-refractivity contribution in [3.8, 4) is 0 Å². The molecule has 3 saturated heterocycles. The van der Waals surface area contributed by atoms with E-state index in [9.17, 15) is 65.4 Å². The van der Waals surface area contributed by atoms with E-state index < -0.39 is 117 Å². The number of carboxylic acids is 2. The predicted molar refractivity (Wildman–Crippen MR) is 114 cm³/mol. The monoisotopic (exact) mass is 573 g/mol. The Labute approximate surface area is 218 Å². The van der Waals surface area contributed by atoms with E-state index in [0.29, 0.717) is 0 Å². The molecule has 0 spiro atoms. The molecule has 0 saturated carbocycles. The Kier molecular flexibility index (Phi) is 10.1. The van der Waals surface area contributed by atoms with E-state index in [1.165, 1.54) is 0 Å². The van der Waals surface area contributed by atoms with Gasteiger partial charge in [-0.3, -0.25) is 4.79 Å². The standard InChI is InChI=1S/C20H31NO18/c1-3(23)21-5-6(24)12(37-20-11(29)7(25)8(26)14(39-20)16(30)31)4(2-22)35-19(5)38-13-9(27)10(28)18(34)36-15(13)17(32)33/h4-15,18-20,22,24-29,34H,2H2,1H3,(H,21,23)(H,30,31)(H,32,33)/t4?,5?,6?,7?,8-,9?,10?,11?,12+,13-,14?,15?,18+,19+,20+/m0/s1. The summed E-state index contributed by atoms with van der Waals surface area (Å²) in [6, 6.07) is -1.66. The van der Waals surface area contributed by atoms with Crippen molar-refractivity contribution in [1.29, 1.82) is 0 Å². The predicted octanol–water partition coefficient (Wildman–Crippen LogP) is -7.24. The van der Waals surface area contributed by atoms with Gasteiger partial charge in [0.05, 0.1) is 6.61 Å². The Morgan fingerprint density at radius 2 is 1.28 bits per heavy atom. The van der Waals surface area contributed by atoms with Crippen molar-refractivity contribution in [2.75, 3.05) is 6.61 Å². The van der Waals surface area contributed by atoms with Gasteiger partial charge in [-0.1, -0.05) is 0 Å². The summed E-state index contributed by atoms with van der Waals surface area (Å²) in [5.74, 6) is -4.24. The number of rotatable bonds is 8. The fraction of sp³-hybridized carbons (Fsp3) is 0.850. The molecule has 3 aliphatic rings. The highest BCUT2D eigenvalue weighted by atomic mass is 16.7. The molecule has 0 aliphatic carbocycles. The lowest BCUT2D eigenvalue weighted by Gasteiger charge is -2.48. The van der Waals surface area contributed by atoms with Crippen molar-refractivity contribution in [1.82, 2.24) is 5.32 Å². The zero-order valence-corrected chi connectivity index (χ0v) is 20.1. The maximum Gasteiger partial charge on any atom is 0.335 e. The Morgan fingerprint density at radius 3 is 1.82 bits per heavy atom. The second-order valence-electron chi connectivity index (χ2n) is 9.15. The number of aliphatic hydroxyl groups is 8. The molecule has 3 heterocycles. The number of carboxylic acid groups (broad SMARTS) is 2. The molecule has 19 heteroatoms. The van der Waals surface area contributed by atoms with Gasteiger partial charge in [0.15, 0.2) is 31.1 Å². The number of aliphatic hydroxyl groups excluding tert-OH is 8. The van der Waals surface area contributed by atoms with Crippen molar-refractivity contribution >= 4 is 17.8 Å². The highest BCUT2D eigenvalue weighted by molar-refractivity contribution is 5.74. The molecule has 1 amide bonds. The summed E-state index contributed by atoms with van der Waals surface area (Å²) in [5, 5.41) is 102. The van der Waals surface area contributed by atoms with Crippen molar-refractivity contribution < 1.29 is 89.1 Å². The van der Waals surface area contributed by atoms with Gasteiger partial charge in [-0.25, -0.2) is 9.59 Å². The first-order valence-corrected chi connectivity index (χ1v) is 11.6. The highest BCUT2D eigenvalue weighted by Gasteiger charge is 2.55. The van der Waals surface area contributed by atoms with Gasteiger partial charge in [-0.15, -0.1) is 0 Å². The van der Waals surface area contributed by atoms with Crippen LogP contribution >= 0.6 is 0 Å². The summed E-state index contributed by atoms with van der Waals surface area (Å²) in [7, 11) is 0. The summed E-state index contributed by atoms with van der Waals surface area (Å²) >= 11 is 0. The van der Waals surface area contributed by atoms with Gasteiger partial charge in [-0.2, -0.15) is 0 Å². The van der Waals surface area contributed by atoms with Crippen molar-refractivity contribution in [2.45, 2.75) is 99.0 Å². The van der Waals surface area contributed by atoms with E-state index >= 15 is 0 Å². The van der Waals surface area contributed by atoms with E-state index in [1.807, 2.05) is 0 Å². The molecule has 19 nitrogen and oxygen atoms in total. The molecule has 0 aromatic rings. The van der Waals surface area contributed by atoms with Crippen LogP contribution in [-0.2, 0) is 38.1 Å². The summed E-state index contributed by atoms with van der Waals surface area (Å²) in [6.45, 7) is 0.0534. The molecule has 224 valence electrons. The van der Waals surface area contributed by atoms with Crippen LogP contribution in [0.1, 0.15) is 6.92 Å². The van der Waals surface area contributed by atoms with Crippen molar-refractivity contribution in [3.05, 3.63) is 0 Å². The van der Waals surface area contributed by atoms with Crippen LogP contribution in [0.5, 0.6) is 0 Å². The van der Waals surface area contributed by atoms with E-state index in [0.717, 1.165) is 6.92 Å². The van der Waals surface area contributed by atoms with E-state index in [1.54, 1.807) is 0 Å². The summed E-state index contributed by atoms with van der Waals surface area (Å²) in [4.78, 5) is 34.9. The number of hydrogen-bond donors (Lipinski definition) is 11. The third-order valence-corrected chi connectivity index (χ3v) is 6.42. The van der Waals surface area contributed by atoms with Gasteiger partial charge < -0.3 is 80.1 Å². The second kappa shape index (κ2) is 12.6. The lowest BCUT2D eigenvalue weighted by Crippen LogP contribution is -2.69. The molecule has 0 bridgehead atoms. The molecule has 39 heavy (non-hydrogen) atoms. The smallest absolute Gasteiger partial charge is 0.335 e. The number of carbonyl (C=O) groups excluding carboxylic acids is 1. The first-order chi connectivity index (χ1) is 18.2. The van der Waals surface area contributed by atoms with E-state index in [2.05, 4.69) is 5.32 Å². The van der Waals surface area contributed by atoms with Gasteiger partial charge in [-0.05, 0) is 0 Å². The molecule has 9 unspecified atom stereocenters. The largest absolute Gasteiger partial charge is 0.479 e. The molecule has 3 aliphatic heterocycles. The minimum atomic E-state index is -2.10. The Bertz CT molecular complexity index is 891. The van der Waals surface area contributed by atoms with E-state index in [4.69, 9.17) is 23.7 Å². The lowest BCUT2D eigenvalue weighted by molar-refractivity contribution is -0.360. The quantitative estimate of drug-likeness (QED) is 0.128. The molecule has 0 aromatic carbocycles. The molecule has 0 aromatic heterocycles. The third-order valence-electron chi connectivity index (χ3n) is 6.42. The average Bonchev–Trinajstić information content (AvgIpc) is 2.86. The van der Waals surface area contributed by atoms with Gasteiger partial charge >= 0.3 is 11.9 Å². The first kappa shape index (κ1) is 31.4. The Morgan fingerprint density at radius 1 is 0.692 bits per heavy atom. The number of ether oxygens (including phenoxy) is 5. The zero-order chi connectivity index (χ0) is 29.3. The first-order valence-electron chi connectivity index (χ1n) is 11.6. The number of nitrogens with one attached hydrogen (secondary N) is 1. The van der Waals surface area contributed by atoms with Crippen LogP contribution in [0, 0.1) is 0 Å². The van der Waals surface area contributed by atoms with Crippen LogP contribution < -0.4 is 5.32 Å². The zero-order valence-electron chi connectivity index (χ0n) is 20.1. The maximum atomic E-state index is 11.9. The minimum Gasteiger partial charge on any atom is -0.479 e. The molecule has 3 rings (SSSR count). The fourth-order valence-electron chi connectivity index (χ4n) is 4.41. The van der Waals surface area contributed by atoms with Crippen LogP contribution in [0.2, 0.25) is 0 Å². The Hall–Kier alpha value is -2.11. The van der Waals surface area contributed by atoms with Crippen LogP contribution in [0.3, 0.4) is 0 Å². The molecular weight excluding hydrogens is 542 g/mol. The Balaban J connectivity index is 1.87. The lowest BCUT2D eigenvalue weighted by atomic mass is 9.94. The van der Waals surface area contributed by atoms with Crippen LogP contribution in [0.4, 0.5) is 0 Å².